The Kier molecular flexibility index (Phi) is 24.7. The van der Waals surface area contributed by atoms with E-state index in [-0.39, 0.29) is 71.0 Å². The summed E-state index contributed by atoms with van der Waals surface area (Å²) in [5, 5.41) is 9.30. The molecular weight excluding hydrogens is 656 g/mol. The van der Waals surface area contributed by atoms with Gasteiger partial charge in [-0.05, 0) is 67.2 Å². The van der Waals surface area contributed by atoms with Crippen LogP contribution in [-0.2, 0) is 33.3 Å². The number of amides is 2. The number of aromatic nitrogens is 2. The molecule has 0 saturated carbocycles. The van der Waals surface area contributed by atoms with E-state index in [4.69, 9.17) is 14.2 Å². The molecule has 0 fully saturated rings. The van der Waals surface area contributed by atoms with Crippen LogP contribution >= 0.6 is 27.0 Å². The van der Waals surface area contributed by atoms with Crippen molar-refractivity contribution in [2.75, 3.05) is 41.5 Å². The number of rotatable bonds is 13. The number of carbonyl (C=O) groups is 5. The van der Waals surface area contributed by atoms with E-state index in [0.29, 0.717) is 25.7 Å². The average Bonchev–Trinajstić information content (AvgIpc) is 3.50. The summed E-state index contributed by atoms with van der Waals surface area (Å²) in [4.78, 5) is 64.8. The average molecular weight is 713 g/mol. The van der Waals surface area contributed by atoms with Crippen molar-refractivity contribution in [3.8, 4) is 0 Å². The zero-order chi connectivity index (χ0) is 34.8. The number of esters is 2. The summed E-state index contributed by atoms with van der Waals surface area (Å²) < 4.78 is 26.2. The Labute approximate surface area is 292 Å². The Bertz CT molecular complexity index is 1060. The van der Waals surface area contributed by atoms with E-state index in [1.807, 2.05) is 0 Å². The van der Waals surface area contributed by atoms with Crippen LogP contribution in [0.15, 0.2) is 18.7 Å². The van der Waals surface area contributed by atoms with E-state index < -0.39 is 35.5 Å². The molecule has 2 atom stereocenters. The molecule has 17 heteroatoms. The number of carbonyl (C=O) groups excluding carboxylic acids is 5. The van der Waals surface area contributed by atoms with E-state index >= 15 is 0 Å². The molecular formula is C30H56N4O11S2. The third kappa shape index (κ3) is 22.1. The molecule has 0 bridgehead atoms. The van der Waals surface area contributed by atoms with Crippen molar-refractivity contribution in [1.29, 1.82) is 0 Å². The highest BCUT2D eigenvalue weighted by Crippen LogP contribution is 2.16. The normalized spacial score (nSPS) is 11.9. The minimum atomic E-state index is -0.643. The number of methoxy groups -OCH3 is 2. The maximum absolute atomic E-state index is 12.3. The van der Waals surface area contributed by atoms with E-state index in [1.165, 1.54) is 47.3 Å². The van der Waals surface area contributed by atoms with Crippen LogP contribution in [0.25, 0.3) is 0 Å². The lowest BCUT2D eigenvalue weighted by atomic mass is 10.1. The Morgan fingerprint density at radius 1 is 0.787 bits per heavy atom. The summed E-state index contributed by atoms with van der Waals surface area (Å²) in [6.07, 6.45) is 5.11. The molecule has 47 heavy (non-hydrogen) atoms. The van der Waals surface area contributed by atoms with Gasteiger partial charge >= 0.3 is 30.2 Å². The van der Waals surface area contributed by atoms with Crippen LogP contribution in [0.5, 0.6) is 0 Å². The summed E-state index contributed by atoms with van der Waals surface area (Å²) in [5.41, 5.74) is -1.22. The van der Waals surface area contributed by atoms with Crippen LogP contribution in [-0.4, -0.2) is 119 Å². The first-order valence-electron chi connectivity index (χ1n) is 14.7. The van der Waals surface area contributed by atoms with Crippen molar-refractivity contribution >= 4 is 57.2 Å². The molecule has 0 aliphatic rings. The smallest absolute Gasteiger partial charge is 0.419 e. The van der Waals surface area contributed by atoms with Crippen LogP contribution in [0.1, 0.15) is 80.1 Å². The van der Waals surface area contributed by atoms with Gasteiger partial charge in [0.15, 0.2) is 0 Å². The monoisotopic (exact) mass is 712 g/mol. The Morgan fingerprint density at radius 2 is 1.21 bits per heavy atom. The van der Waals surface area contributed by atoms with E-state index in [2.05, 4.69) is 14.5 Å². The molecule has 0 radical (unpaired) electrons. The molecule has 15 nitrogen and oxygen atoms in total. The number of imidazole rings is 1. The fourth-order valence-corrected chi connectivity index (χ4v) is 3.54. The fourth-order valence-electron chi connectivity index (χ4n) is 3.54. The minimum Gasteiger partial charge on any atom is -0.469 e. The Morgan fingerprint density at radius 3 is 1.57 bits per heavy atom. The summed E-state index contributed by atoms with van der Waals surface area (Å²) in [7, 11) is 5.80. The number of aliphatic hydroxyl groups excluding tert-OH is 1. The number of hydrogen-bond donors (Lipinski definition) is 1. The zero-order valence-electron chi connectivity index (χ0n) is 29.4. The van der Waals surface area contributed by atoms with Crippen molar-refractivity contribution in [2.45, 2.75) is 103 Å². The highest BCUT2D eigenvalue weighted by molar-refractivity contribution is 7.59. The molecule has 0 saturated heterocycles. The van der Waals surface area contributed by atoms with Gasteiger partial charge < -0.3 is 38.6 Å². The maximum Gasteiger partial charge on any atom is 0.419 e. The van der Waals surface area contributed by atoms with Gasteiger partial charge in [-0.15, -0.1) is 0 Å². The molecule has 2 amide bonds. The van der Waals surface area contributed by atoms with Crippen molar-refractivity contribution in [3.63, 3.8) is 0 Å². The zero-order valence-corrected chi connectivity index (χ0v) is 31.4. The van der Waals surface area contributed by atoms with Crippen LogP contribution in [0.3, 0.4) is 0 Å². The predicted octanol–water partition coefficient (Wildman–Crippen LogP) is 4.23. The summed E-state index contributed by atoms with van der Waals surface area (Å²) in [6.45, 7) is 10.4. The number of hydrogen-bond acceptors (Lipinski definition) is 12. The van der Waals surface area contributed by atoms with E-state index in [9.17, 15) is 29.1 Å². The van der Waals surface area contributed by atoms with Gasteiger partial charge in [0.1, 0.15) is 24.1 Å². The standard InChI is InChI=1S/C17H27N3O6.C13H25NO5.2H2S/c1-17(2,3)26-15(22)19(4)13(7-6-8-14(21)24-5)11-25-16(23)20-10-9-18-12-20;1-13(2,3)19-12(17)14(4)10(9-15)7-6-8-11(16)18-5;;/h9-10,12-13H,6-8,11H2,1-5H3;10,15H,6-9H2,1-5H3;2*1H2/t13-;10-;;/m00../s1. The van der Waals surface area contributed by atoms with Crippen LogP contribution in [0.4, 0.5) is 14.4 Å². The van der Waals surface area contributed by atoms with Gasteiger partial charge in [0.05, 0.1) is 32.9 Å². The predicted molar refractivity (Wildman–Crippen MR) is 184 cm³/mol. The Balaban J connectivity index is -0.000000828. The van der Waals surface area contributed by atoms with Crippen LogP contribution in [0.2, 0.25) is 0 Å². The van der Waals surface area contributed by atoms with Gasteiger partial charge in [-0.3, -0.25) is 9.59 Å². The third-order valence-electron chi connectivity index (χ3n) is 6.08. The molecule has 1 aromatic rings. The number of aliphatic hydroxyl groups is 1. The molecule has 1 rings (SSSR count). The molecule has 0 aliphatic heterocycles. The quantitative estimate of drug-likeness (QED) is 0.228. The van der Waals surface area contributed by atoms with E-state index in [0.717, 1.165) is 0 Å². The number of nitrogens with zero attached hydrogens (tertiary/aromatic N) is 4. The summed E-state index contributed by atoms with van der Waals surface area (Å²) >= 11 is 0. The highest BCUT2D eigenvalue weighted by atomic mass is 32.1. The molecule has 1 aromatic heterocycles. The first kappa shape index (κ1) is 48.2. The fraction of sp³-hybridized carbons (Fsp3) is 0.733. The summed E-state index contributed by atoms with van der Waals surface area (Å²) in [6, 6.07) is -0.804. The molecule has 1 N–H and O–H groups in total. The van der Waals surface area contributed by atoms with Gasteiger partial charge in [-0.1, -0.05) is 0 Å². The first-order valence-corrected chi connectivity index (χ1v) is 14.7. The molecule has 0 unspecified atom stereocenters. The highest BCUT2D eigenvalue weighted by Gasteiger charge is 2.27. The van der Waals surface area contributed by atoms with Crippen LogP contribution < -0.4 is 0 Å². The minimum absolute atomic E-state index is 0. The van der Waals surface area contributed by atoms with Crippen molar-refractivity contribution in [2.24, 2.45) is 0 Å². The van der Waals surface area contributed by atoms with E-state index in [1.54, 1.807) is 55.6 Å². The lowest BCUT2D eigenvalue weighted by Gasteiger charge is -2.30. The van der Waals surface area contributed by atoms with Gasteiger partial charge in [0.25, 0.3) is 0 Å². The molecule has 1 heterocycles. The second-order valence-corrected chi connectivity index (χ2v) is 12.2. The molecule has 0 aliphatic carbocycles. The first-order chi connectivity index (χ1) is 20.8. The lowest BCUT2D eigenvalue weighted by molar-refractivity contribution is -0.141. The third-order valence-corrected chi connectivity index (χ3v) is 6.08. The van der Waals surface area contributed by atoms with Gasteiger partial charge in [-0.2, -0.15) is 27.0 Å². The maximum atomic E-state index is 12.3. The number of ether oxygens (including phenoxy) is 5. The largest absolute Gasteiger partial charge is 0.469 e. The van der Waals surface area contributed by atoms with Crippen LogP contribution in [0, 0.1) is 0 Å². The lowest BCUT2D eigenvalue weighted by Crippen LogP contribution is -2.43. The SMILES string of the molecule is COC(=O)CCC[C@@H](CO)N(C)C(=O)OC(C)(C)C.COC(=O)CCC[C@@H](COC(=O)n1ccnc1)N(C)C(=O)OC(C)(C)C.S.S. The molecule has 0 aromatic carbocycles. The molecule has 0 spiro atoms. The second-order valence-electron chi connectivity index (χ2n) is 12.2. The topological polar surface area (TPSA) is 176 Å². The van der Waals surface area contributed by atoms with Crippen molar-refractivity contribution in [3.05, 3.63) is 18.7 Å². The number of likely N-dealkylation sites (N-methyl/N-ethyl adjacent to an activating group) is 2. The Hall–Kier alpha value is -3.18. The van der Waals surface area contributed by atoms with Gasteiger partial charge in [-0.25, -0.2) is 23.9 Å². The van der Waals surface area contributed by atoms with Crippen molar-refractivity contribution < 1.29 is 52.8 Å². The summed E-state index contributed by atoms with van der Waals surface area (Å²) in [5.74, 6) is -0.629. The second kappa shape index (κ2) is 24.0. The molecule has 274 valence electrons. The van der Waals surface area contributed by atoms with Crippen molar-refractivity contribution in [1.82, 2.24) is 19.4 Å². The van der Waals surface area contributed by atoms with Gasteiger partial charge in [0, 0.05) is 39.3 Å². The van der Waals surface area contributed by atoms with Gasteiger partial charge in [0.2, 0.25) is 0 Å².